The normalized spacial score (nSPS) is 9.70. The molecule has 0 atom stereocenters. The lowest BCUT2D eigenvalue weighted by Gasteiger charge is -2.08. The maximum absolute atomic E-state index is 11.4. The van der Waals surface area contributed by atoms with E-state index in [1.165, 1.54) is 0 Å². The van der Waals surface area contributed by atoms with E-state index in [2.05, 4.69) is 11.9 Å². The molecule has 1 aromatic rings. The van der Waals surface area contributed by atoms with Crippen molar-refractivity contribution in [3.05, 3.63) is 42.0 Å². The Bertz CT molecular complexity index is 497. The highest BCUT2D eigenvalue weighted by molar-refractivity contribution is 5.80. The molecule has 1 amide bonds. The third-order valence-electron chi connectivity index (χ3n) is 2.64. The van der Waals surface area contributed by atoms with E-state index in [1.54, 1.807) is 12.1 Å². The van der Waals surface area contributed by atoms with Gasteiger partial charge in [-0.1, -0.05) is 12.1 Å². The van der Waals surface area contributed by atoms with E-state index in [-0.39, 0.29) is 19.1 Å². The van der Waals surface area contributed by atoms with E-state index >= 15 is 0 Å². The molecule has 5 heteroatoms. The summed E-state index contributed by atoms with van der Waals surface area (Å²) in [6, 6.07) is 5.55. The number of hydrogen-bond acceptors (Lipinski definition) is 4. The molecule has 0 aliphatic heterocycles. The van der Waals surface area contributed by atoms with Gasteiger partial charge in [-0.25, -0.2) is 4.79 Å². The number of rotatable bonds is 7. The molecule has 0 saturated carbocycles. The third-order valence-corrected chi connectivity index (χ3v) is 2.64. The van der Waals surface area contributed by atoms with Crippen molar-refractivity contribution in [3.8, 4) is 5.75 Å². The van der Waals surface area contributed by atoms with Gasteiger partial charge in [0.1, 0.15) is 5.75 Å². The summed E-state index contributed by atoms with van der Waals surface area (Å²) in [5.74, 6) is -0.359. The van der Waals surface area contributed by atoms with E-state index in [9.17, 15) is 9.59 Å². The Hall–Kier alpha value is -2.30. The van der Waals surface area contributed by atoms with E-state index in [0.29, 0.717) is 12.3 Å². The molecule has 0 radical (unpaired) electrons. The zero-order valence-corrected chi connectivity index (χ0v) is 11.8. The van der Waals surface area contributed by atoms with Crippen molar-refractivity contribution in [2.24, 2.45) is 0 Å². The maximum atomic E-state index is 11.4. The zero-order chi connectivity index (χ0) is 15.0. The van der Waals surface area contributed by atoms with Crippen molar-refractivity contribution in [3.63, 3.8) is 0 Å². The quantitative estimate of drug-likeness (QED) is 0.606. The van der Waals surface area contributed by atoms with Crippen LogP contribution >= 0.6 is 0 Å². The Labute approximate surface area is 118 Å². The minimum atomic E-state index is -0.586. The molecule has 108 valence electrons. The van der Waals surface area contributed by atoms with Crippen LogP contribution in [0.2, 0.25) is 0 Å². The van der Waals surface area contributed by atoms with E-state index in [4.69, 9.17) is 9.47 Å². The second-order valence-corrected chi connectivity index (χ2v) is 4.29. The van der Waals surface area contributed by atoms with Crippen LogP contribution in [0, 0.1) is 13.8 Å². The molecule has 1 N–H and O–H groups in total. The van der Waals surface area contributed by atoms with Crippen LogP contribution in [-0.4, -0.2) is 31.6 Å². The summed E-state index contributed by atoms with van der Waals surface area (Å²) in [6.07, 6.45) is 1.54. The second-order valence-electron chi connectivity index (χ2n) is 4.29. The van der Waals surface area contributed by atoms with Gasteiger partial charge in [0.2, 0.25) is 0 Å². The van der Waals surface area contributed by atoms with Crippen LogP contribution in [0.4, 0.5) is 0 Å². The van der Waals surface area contributed by atoms with Crippen molar-refractivity contribution in [2.45, 2.75) is 13.8 Å². The summed E-state index contributed by atoms with van der Waals surface area (Å²) in [5.41, 5.74) is 2.23. The molecule has 1 rings (SSSR count). The van der Waals surface area contributed by atoms with Crippen molar-refractivity contribution in [1.29, 1.82) is 0 Å². The molecule has 0 fully saturated rings. The van der Waals surface area contributed by atoms with Gasteiger partial charge >= 0.3 is 5.97 Å². The van der Waals surface area contributed by atoms with E-state index in [1.807, 2.05) is 26.0 Å². The molecule has 5 nitrogen and oxygen atoms in total. The highest BCUT2D eigenvalue weighted by Gasteiger charge is 2.08. The van der Waals surface area contributed by atoms with Gasteiger partial charge in [0.25, 0.3) is 5.91 Å². The number of aryl methyl sites for hydroxylation is 2. The molecule has 0 heterocycles. The van der Waals surface area contributed by atoms with Gasteiger partial charge in [-0.15, -0.1) is 6.58 Å². The molecular weight excluding hydrogens is 258 g/mol. The van der Waals surface area contributed by atoms with Crippen LogP contribution in [0.25, 0.3) is 0 Å². The zero-order valence-electron chi connectivity index (χ0n) is 11.8. The monoisotopic (exact) mass is 277 g/mol. The molecule has 0 aliphatic rings. The predicted molar refractivity (Wildman–Crippen MR) is 75.6 cm³/mol. The number of amides is 1. The maximum Gasteiger partial charge on any atom is 0.344 e. The highest BCUT2D eigenvalue weighted by atomic mass is 16.6. The average molecular weight is 277 g/mol. The fourth-order valence-electron chi connectivity index (χ4n) is 1.37. The largest absolute Gasteiger partial charge is 0.482 e. The predicted octanol–water partition coefficient (Wildman–Crippen LogP) is 1.53. The summed E-state index contributed by atoms with van der Waals surface area (Å²) < 4.78 is 10.1. The van der Waals surface area contributed by atoms with Crippen LogP contribution < -0.4 is 10.1 Å². The van der Waals surface area contributed by atoms with Crippen molar-refractivity contribution in [1.82, 2.24) is 5.32 Å². The van der Waals surface area contributed by atoms with E-state index in [0.717, 1.165) is 11.1 Å². The van der Waals surface area contributed by atoms with Gasteiger partial charge in [-0.3, -0.25) is 4.79 Å². The minimum Gasteiger partial charge on any atom is -0.482 e. The molecule has 0 bridgehead atoms. The first kappa shape index (κ1) is 15.8. The summed E-state index contributed by atoms with van der Waals surface area (Å²) in [7, 11) is 0. The number of hydrogen-bond donors (Lipinski definition) is 1. The Balaban J connectivity index is 2.30. The first-order valence-electron chi connectivity index (χ1n) is 6.26. The van der Waals surface area contributed by atoms with Gasteiger partial charge in [0, 0.05) is 6.54 Å². The standard InChI is InChI=1S/C15H19NO4/c1-4-7-16-14(17)9-20-15(18)10-19-13-6-5-11(2)12(3)8-13/h4-6,8H,1,7,9-10H2,2-3H3,(H,16,17). The summed E-state index contributed by atoms with van der Waals surface area (Å²) in [4.78, 5) is 22.6. The Morgan fingerprint density at radius 2 is 2.00 bits per heavy atom. The number of nitrogens with one attached hydrogen (secondary N) is 1. The van der Waals surface area contributed by atoms with Crippen LogP contribution in [0.5, 0.6) is 5.75 Å². The second kappa shape index (κ2) is 7.99. The summed E-state index contributed by atoms with van der Waals surface area (Å²) >= 11 is 0. The topological polar surface area (TPSA) is 64.6 Å². The van der Waals surface area contributed by atoms with E-state index < -0.39 is 5.97 Å². The smallest absolute Gasteiger partial charge is 0.344 e. The van der Waals surface area contributed by atoms with Crippen LogP contribution in [-0.2, 0) is 14.3 Å². The Kier molecular flexibility index (Phi) is 6.29. The molecule has 0 spiro atoms. The lowest BCUT2D eigenvalue weighted by atomic mass is 10.1. The number of carbonyl (C=O) groups excluding carboxylic acids is 2. The molecule has 0 aromatic heterocycles. The SMILES string of the molecule is C=CCNC(=O)COC(=O)COc1ccc(C)c(C)c1. The molecular formula is C15H19NO4. The number of carbonyl (C=O) groups is 2. The number of ether oxygens (including phenoxy) is 2. The van der Waals surface area contributed by atoms with Gasteiger partial charge in [-0.05, 0) is 37.1 Å². The lowest BCUT2D eigenvalue weighted by Crippen LogP contribution is -2.29. The Morgan fingerprint density at radius 1 is 1.25 bits per heavy atom. The average Bonchev–Trinajstić information content (AvgIpc) is 2.44. The van der Waals surface area contributed by atoms with Crippen LogP contribution in [0.3, 0.4) is 0 Å². The minimum absolute atomic E-state index is 0.225. The Morgan fingerprint density at radius 3 is 2.65 bits per heavy atom. The summed E-state index contributed by atoms with van der Waals surface area (Å²) in [6.45, 7) is 7.22. The van der Waals surface area contributed by atoms with Gasteiger partial charge in [0.05, 0.1) is 0 Å². The van der Waals surface area contributed by atoms with Crippen molar-refractivity contribution in [2.75, 3.05) is 19.8 Å². The summed E-state index contributed by atoms with van der Waals surface area (Å²) in [5, 5.41) is 2.50. The van der Waals surface area contributed by atoms with Crippen LogP contribution in [0.1, 0.15) is 11.1 Å². The van der Waals surface area contributed by atoms with Gasteiger partial charge in [0.15, 0.2) is 13.2 Å². The van der Waals surface area contributed by atoms with Crippen LogP contribution in [0.15, 0.2) is 30.9 Å². The molecule has 0 saturated heterocycles. The first-order chi connectivity index (χ1) is 9.52. The molecule has 0 aliphatic carbocycles. The molecule has 20 heavy (non-hydrogen) atoms. The number of benzene rings is 1. The fourth-order valence-corrected chi connectivity index (χ4v) is 1.37. The van der Waals surface area contributed by atoms with Gasteiger partial charge < -0.3 is 14.8 Å². The number of esters is 1. The molecule has 1 aromatic carbocycles. The highest BCUT2D eigenvalue weighted by Crippen LogP contribution is 2.16. The van der Waals surface area contributed by atoms with Crippen molar-refractivity contribution < 1.29 is 19.1 Å². The lowest BCUT2D eigenvalue weighted by molar-refractivity contribution is -0.150. The van der Waals surface area contributed by atoms with Crippen molar-refractivity contribution >= 4 is 11.9 Å². The third kappa shape index (κ3) is 5.56. The molecule has 0 unspecified atom stereocenters. The van der Waals surface area contributed by atoms with Gasteiger partial charge in [-0.2, -0.15) is 0 Å². The first-order valence-corrected chi connectivity index (χ1v) is 6.26. The fraction of sp³-hybridized carbons (Fsp3) is 0.333.